The number of rotatable bonds is 8. The Labute approximate surface area is 554 Å². The van der Waals surface area contributed by atoms with Gasteiger partial charge in [-0.25, -0.2) is 0 Å². The second-order valence-electron chi connectivity index (χ2n) is 26.4. The van der Waals surface area contributed by atoms with Gasteiger partial charge in [0.15, 0.2) is 0 Å². The molecule has 12 aromatic carbocycles. The maximum absolute atomic E-state index is 12.4. The van der Waals surface area contributed by atoms with Crippen LogP contribution < -0.4 is 26.2 Å². The minimum atomic E-state index is -0.751. The first-order chi connectivity index (χ1) is 50.5. The number of nitriles is 1. The molecule has 13 aromatic rings. The highest BCUT2D eigenvalue weighted by Gasteiger charge is 2.45. The summed E-state index contributed by atoms with van der Waals surface area (Å²) in [4.78, 5) is 4.26. The summed E-state index contributed by atoms with van der Waals surface area (Å²) in [6.07, 6.45) is 0. The molecule has 15 rings (SSSR count). The molecule has 2 aliphatic heterocycles. The molecule has 0 spiro atoms. The van der Waals surface area contributed by atoms with Crippen molar-refractivity contribution in [1.29, 1.82) is 5.26 Å². The number of benzene rings is 12. The maximum Gasteiger partial charge on any atom is 0.252 e. The number of hydrogen-bond donors (Lipinski definition) is 0. The number of nitrogens with zero attached hydrogens (tertiary/aromatic N) is 4. The minimum Gasteiger partial charge on any atom is -0.311 e. The third kappa shape index (κ3) is 9.61. The molecule has 434 valence electrons. The van der Waals surface area contributed by atoms with Crippen LogP contribution in [-0.2, 0) is 16.2 Å². The Morgan fingerprint density at radius 2 is 0.844 bits per heavy atom. The van der Waals surface area contributed by atoms with Gasteiger partial charge in [-0.1, -0.05) is 256 Å². The number of para-hydroxylation sites is 1. The Bertz CT molecular complexity index is 5940. The van der Waals surface area contributed by atoms with E-state index in [4.69, 9.17) is 12.3 Å². The van der Waals surface area contributed by atoms with Crippen LogP contribution in [0.4, 0.5) is 34.1 Å². The molecule has 0 amide bonds. The molecule has 4 nitrogen and oxygen atoms in total. The first-order valence-corrected chi connectivity index (χ1v) is 30.3. The lowest BCUT2D eigenvalue weighted by atomic mass is 9.33. The summed E-state index contributed by atoms with van der Waals surface area (Å²) in [7, 11) is 0. The van der Waals surface area contributed by atoms with Crippen molar-refractivity contribution in [2.75, 3.05) is 9.80 Å². The fourth-order valence-electron chi connectivity index (χ4n) is 13.0. The molecule has 0 unspecified atom stereocenters. The van der Waals surface area contributed by atoms with Crippen molar-refractivity contribution in [1.82, 2.24) is 4.57 Å². The van der Waals surface area contributed by atoms with Crippen LogP contribution in [0.15, 0.2) is 267 Å². The molecule has 0 saturated heterocycles. The molecule has 2 aliphatic rings. The van der Waals surface area contributed by atoms with Gasteiger partial charge in [-0.05, 0) is 178 Å². The van der Waals surface area contributed by atoms with Crippen molar-refractivity contribution >= 4 is 79.0 Å². The van der Waals surface area contributed by atoms with Crippen LogP contribution in [0.5, 0.6) is 0 Å². The van der Waals surface area contributed by atoms with Crippen molar-refractivity contribution in [3.8, 4) is 67.4 Å². The third-order valence-corrected chi connectivity index (χ3v) is 17.6. The summed E-state index contributed by atoms with van der Waals surface area (Å²) in [5.74, 6) is 0. The maximum atomic E-state index is 12.4. The van der Waals surface area contributed by atoms with Crippen molar-refractivity contribution in [3.63, 3.8) is 0 Å². The van der Waals surface area contributed by atoms with E-state index < -0.39 is 114 Å². The summed E-state index contributed by atoms with van der Waals surface area (Å²) < 4.78 is 158. The van der Waals surface area contributed by atoms with E-state index in [-0.39, 0.29) is 67.2 Å². The topological polar surface area (TPSA) is 35.2 Å². The van der Waals surface area contributed by atoms with Gasteiger partial charge < -0.3 is 14.4 Å². The molecular formula is C85H71BN4. The van der Waals surface area contributed by atoms with Gasteiger partial charge in [0.1, 0.15) is 11.6 Å². The SMILES string of the molecule is [2H]c1c([2H])c([2H])c(-c2ccc3c(c2)N(c2cc(-c4ccccc4)cc(-c4ccccc4)c2)c2cc(C(C)(C)C)cc4c2B3c2ccc(-c3cc(C(C)(C)C)cc(C(C)(C)C)c3)cc2N4c2cccc(-n3c4c([2H])c([2H])c([2H])c([2H])c4c4c([2H])c(-c5c([2H])c([2H])c([2H])c([2H])c5[2H])c([2H])c([2H])c43)c2C#N)c([2H])c1[2H]. The lowest BCUT2D eigenvalue weighted by Gasteiger charge is -2.45. The fourth-order valence-corrected chi connectivity index (χ4v) is 13.0. The average molecular weight is 1180 g/mol. The molecule has 0 atom stereocenters. The molecular weight excluding hydrogens is 1090 g/mol. The molecule has 90 heavy (non-hydrogen) atoms. The van der Waals surface area contributed by atoms with Crippen LogP contribution in [0.25, 0.3) is 83.1 Å². The predicted octanol–water partition coefficient (Wildman–Crippen LogP) is 21.0. The van der Waals surface area contributed by atoms with Crippen molar-refractivity contribution in [2.24, 2.45) is 0 Å². The van der Waals surface area contributed by atoms with Gasteiger partial charge in [-0.2, -0.15) is 5.26 Å². The van der Waals surface area contributed by atoms with Gasteiger partial charge in [-0.15, -0.1) is 0 Å². The van der Waals surface area contributed by atoms with Gasteiger partial charge in [0.05, 0.1) is 45.7 Å². The number of aromatic nitrogens is 1. The summed E-state index contributed by atoms with van der Waals surface area (Å²) in [6.45, 7) is 18.8. The third-order valence-electron chi connectivity index (χ3n) is 17.6. The highest BCUT2D eigenvalue weighted by molar-refractivity contribution is 7.00. The van der Waals surface area contributed by atoms with Crippen LogP contribution in [0.3, 0.4) is 0 Å². The number of anilines is 6. The molecule has 0 radical (unpaired) electrons. The van der Waals surface area contributed by atoms with Crippen molar-refractivity contribution in [3.05, 3.63) is 289 Å². The molecule has 5 heteroatoms. The predicted molar refractivity (Wildman–Crippen MR) is 383 cm³/mol. The Morgan fingerprint density at radius 3 is 1.42 bits per heavy atom. The van der Waals surface area contributed by atoms with Crippen LogP contribution >= 0.6 is 0 Å². The molecule has 0 aliphatic carbocycles. The summed E-state index contributed by atoms with van der Waals surface area (Å²) in [5, 5.41) is 11.9. The van der Waals surface area contributed by atoms with E-state index in [2.05, 4.69) is 169 Å². The van der Waals surface area contributed by atoms with Crippen LogP contribution in [0, 0.1) is 11.3 Å². The highest BCUT2D eigenvalue weighted by atomic mass is 15.2. The van der Waals surface area contributed by atoms with E-state index in [0.29, 0.717) is 28.3 Å². The summed E-state index contributed by atoms with van der Waals surface area (Å²) >= 11 is 0. The fraction of sp³-hybridized carbons (Fsp3) is 0.141. The van der Waals surface area contributed by atoms with Gasteiger partial charge in [0.2, 0.25) is 0 Å². The van der Waals surface area contributed by atoms with E-state index in [1.807, 2.05) is 54.6 Å². The molecule has 1 aromatic heterocycles. The highest BCUT2D eigenvalue weighted by Crippen LogP contribution is 2.50. The Hall–Kier alpha value is -10.4. The standard InChI is InChI=1S/C85H71BN4/c1-83(2,3)65-44-64(45-66(51-65)84(4,5)6)61-38-41-73-79(50-61)90(76-36-24-35-75(71(76)54-87)89-74-34-23-22-33-69(74)70-48-59(39-42-77(70)89)55-25-14-10-15-26-55)81-53-67(85(7,8)9)52-80-82(81)86(73)72-40-37-60(56-27-16-11-17-28-56)49-78(72)88(80)68-46-62(57-29-18-12-19-30-57)43-63(47-68)58-31-20-13-21-32-58/h10-53H,1-9H3/i10D,11D,14D,15D,16D,17D,22D,23D,25D,26D,27D,28D,33D,34D,39D,42D,48D. The smallest absolute Gasteiger partial charge is 0.252 e. The first kappa shape index (κ1) is 40.2. The second-order valence-corrected chi connectivity index (χ2v) is 26.4. The summed E-state index contributed by atoms with van der Waals surface area (Å²) in [6, 6.07) is 46.7. The first-order valence-electron chi connectivity index (χ1n) is 38.8. The van der Waals surface area contributed by atoms with Gasteiger partial charge in [0.25, 0.3) is 6.71 Å². The Balaban J connectivity index is 1.10. The zero-order chi connectivity index (χ0) is 76.6. The lowest BCUT2D eigenvalue weighted by molar-refractivity contribution is 0.569. The van der Waals surface area contributed by atoms with E-state index in [1.54, 1.807) is 18.2 Å². The van der Waals surface area contributed by atoms with E-state index in [1.165, 1.54) is 4.57 Å². The normalized spacial score (nSPS) is 15.5. The van der Waals surface area contributed by atoms with E-state index in [9.17, 15) is 16.2 Å². The van der Waals surface area contributed by atoms with E-state index >= 15 is 0 Å². The van der Waals surface area contributed by atoms with Gasteiger partial charge in [0, 0.05) is 39.2 Å². The zero-order valence-corrected chi connectivity index (χ0v) is 51.5. The zero-order valence-electron chi connectivity index (χ0n) is 68.5. The quantitative estimate of drug-likeness (QED) is 0.142. The van der Waals surface area contributed by atoms with Gasteiger partial charge in [-0.3, -0.25) is 0 Å². The summed E-state index contributed by atoms with van der Waals surface area (Å²) in [5.41, 5.74) is 12.0. The second kappa shape index (κ2) is 21.4. The lowest BCUT2D eigenvalue weighted by Crippen LogP contribution is -2.61. The van der Waals surface area contributed by atoms with Gasteiger partial charge >= 0.3 is 0 Å². The minimum absolute atomic E-state index is 0.00424. The van der Waals surface area contributed by atoms with Crippen molar-refractivity contribution in [2.45, 2.75) is 78.6 Å². The van der Waals surface area contributed by atoms with Crippen molar-refractivity contribution < 1.29 is 23.3 Å². The molecule has 3 heterocycles. The largest absolute Gasteiger partial charge is 0.311 e. The Kier molecular flexibility index (Phi) is 9.57. The number of fused-ring (bicyclic) bond motifs is 7. The van der Waals surface area contributed by atoms with Crippen LogP contribution in [-0.4, -0.2) is 11.3 Å². The average Bonchev–Trinajstić information content (AvgIpc) is 1.66. The Morgan fingerprint density at radius 1 is 0.356 bits per heavy atom. The molecule has 0 bridgehead atoms. The van der Waals surface area contributed by atoms with Crippen LogP contribution in [0.2, 0.25) is 0 Å². The monoisotopic (exact) mass is 1180 g/mol. The van der Waals surface area contributed by atoms with E-state index in [0.717, 1.165) is 72.1 Å². The number of hydrogen-bond acceptors (Lipinski definition) is 3. The molecule has 0 saturated carbocycles. The molecule has 0 fully saturated rings. The molecule has 0 N–H and O–H groups in total. The van der Waals surface area contributed by atoms with Crippen LogP contribution in [0.1, 0.15) is 108 Å².